The second-order valence-electron chi connectivity index (χ2n) is 8.98. The maximum Gasteiger partial charge on any atom is 0.259 e. The van der Waals surface area contributed by atoms with Gasteiger partial charge in [-0.15, -0.1) is 0 Å². The molecule has 0 unspecified atom stereocenters. The molecule has 3 aromatic rings. The number of thiol groups is 1. The Morgan fingerprint density at radius 1 is 0.941 bits per heavy atom. The van der Waals surface area contributed by atoms with Crippen LogP contribution in [0.2, 0.25) is 5.02 Å². The highest BCUT2D eigenvalue weighted by molar-refractivity contribution is 7.79. The molecule has 0 aromatic heterocycles. The topological polar surface area (TPSA) is 63.4 Å². The van der Waals surface area contributed by atoms with E-state index < -0.39 is 5.91 Å². The van der Waals surface area contributed by atoms with E-state index in [0.717, 1.165) is 28.0 Å². The molecular weight excluding hydrogens is 464 g/mol. The van der Waals surface area contributed by atoms with Gasteiger partial charge < -0.3 is 10.6 Å². The van der Waals surface area contributed by atoms with Gasteiger partial charge in [0.2, 0.25) is 5.91 Å². The number of fused-ring (bicyclic) bond motifs is 1. The monoisotopic (exact) mass is 492 g/mol. The Kier molecular flexibility index (Phi) is 7.90. The molecule has 4 rings (SSSR count). The Balaban J connectivity index is 0.00000158. The molecular formula is C28H29ClN2O2S. The van der Waals surface area contributed by atoms with Gasteiger partial charge in [0.05, 0.1) is 17.8 Å². The minimum atomic E-state index is -0.488. The lowest BCUT2D eigenvalue weighted by atomic mass is 9.78. The molecule has 4 nitrogen and oxygen atoms in total. The average Bonchev–Trinajstić information content (AvgIpc) is 3.07. The maximum atomic E-state index is 13.9. The van der Waals surface area contributed by atoms with Crippen molar-refractivity contribution < 1.29 is 9.59 Å². The second kappa shape index (κ2) is 10.5. The van der Waals surface area contributed by atoms with Crippen molar-refractivity contribution in [2.45, 2.75) is 27.3 Å². The number of para-hydroxylation sites is 1. The van der Waals surface area contributed by atoms with Crippen LogP contribution in [-0.4, -0.2) is 18.1 Å². The normalized spacial score (nSPS) is 14.3. The van der Waals surface area contributed by atoms with E-state index in [1.807, 2.05) is 54.6 Å². The fraction of sp³-hybridized carbons (Fsp3) is 0.214. The number of anilines is 1. The summed E-state index contributed by atoms with van der Waals surface area (Å²) in [6.07, 6.45) is 1.69. The minimum Gasteiger partial charge on any atom is -0.366 e. The van der Waals surface area contributed by atoms with E-state index in [1.165, 1.54) is 0 Å². The zero-order valence-electron chi connectivity index (χ0n) is 19.8. The summed E-state index contributed by atoms with van der Waals surface area (Å²) >= 11 is 9.65. The Morgan fingerprint density at radius 2 is 1.59 bits per heavy atom. The molecule has 0 fully saturated rings. The highest BCUT2D eigenvalue weighted by atomic mass is 35.5. The van der Waals surface area contributed by atoms with Crippen molar-refractivity contribution in [1.82, 2.24) is 0 Å². The Hall–Kier alpha value is -3.02. The molecule has 1 aliphatic heterocycles. The number of nitrogens with two attached hydrogens (primary N) is 1. The molecule has 0 saturated carbocycles. The second-order valence-corrected chi connectivity index (χ2v) is 9.42. The van der Waals surface area contributed by atoms with Gasteiger partial charge >= 0.3 is 0 Å². The number of amides is 2. The van der Waals surface area contributed by atoms with Crippen LogP contribution in [0.3, 0.4) is 0 Å². The van der Waals surface area contributed by atoms with Gasteiger partial charge in [0, 0.05) is 16.1 Å². The number of halogens is 1. The Bertz CT molecular complexity index is 1240. The van der Waals surface area contributed by atoms with Gasteiger partial charge in [-0.1, -0.05) is 74.8 Å². The third-order valence-electron chi connectivity index (χ3n) is 5.61. The standard InChI is InChI=1S/C27H25ClN2O2.CH4S/c1-27(2,3)24(18-11-13-20(28)14-12-18)23-21-9-4-5-10-22(21)30(26(23)32)16-17-7-6-8-19(15-17)25(29)31;1-2/h4-15H,16H2,1-3H3,(H2,29,31);2H,1H3/b24-23-;. The van der Waals surface area contributed by atoms with Gasteiger partial charge in [0.15, 0.2) is 0 Å². The summed E-state index contributed by atoms with van der Waals surface area (Å²) in [4.78, 5) is 27.2. The molecule has 0 atom stereocenters. The molecule has 34 heavy (non-hydrogen) atoms. The van der Waals surface area contributed by atoms with Gasteiger partial charge in [-0.2, -0.15) is 12.6 Å². The molecule has 1 heterocycles. The molecule has 0 aliphatic carbocycles. The van der Waals surface area contributed by atoms with Gasteiger partial charge in [-0.25, -0.2) is 0 Å². The smallest absolute Gasteiger partial charge is 0.259 e. The first-order valence-electron chi connectivity index (χ1n) is 10.9. The van der Waals surface area contributed by atoms with Crippen molar-refractivity contribution in [3.63, 3.8) is 0 Å². The summed E-state index contributed by atoms with van der Waals surface area (Å²) in [6.45, 7) is 6.68. The summed E-state index contributed by atoms with van der Waals surface area (Å²) in [5.41, 5.74) is 10.8. The zero-order chi connectivity index (χ0) is 25.0. The number of carbonyl (C=O) groups is 2. The molecule has 0 radical (unpaired) electrons. The molecule has 2 N–H and O–H groups in total. The fourth-order valence-corrected chi connectivity index (χ4v) is 4.38. The lowest BCUT2D eigenvalue weighted by Crippen LogP contribution is -2.27. The number of nitrogens with zero attached hydrogens (tertiary/aromatic N) is 1. The number of hydrogen-bond acceptors (Lipinski definition) is 3. The lowest BCUT2D eigenvalue weighted by Gasteiger charge is -2.26. The fourth-order valence-electron chi connectivity index (χ4n) is 4.25. The van der Waals surface area contributed by atoms with E-state index in [1.54, 1.807) is 29.4 Å². The summed E-state index contributed by atoms with van der Waals surface area (Å²) in [6, 6.07) is 22.6. The number of carbonyl (C=O) groups excluding carboxylic acids is 2. The van der Waals surface area contributed by atoms with Crippen molar-refractivity contribution in [3.05, 3.63) is 100 Å². The van der Waals surface area contributed by atoms with Crippen LogP contribution in [0, 0.1) is 5.41 Å². The minimum absolute atomic E-state index is 0.0597. The van der Waals surface area contributed by atoms with E-state index in [4.69, 9.17) is 17.3 Å². The largest absolute Gasteiger partial charge is 0.366 e. The first-order chi connectivity index (χ1) is 16.2. The van der Waals surface area contributed by atoms with Crippen LogP contribution < -0.4 is 10.6 Å². The predicted molar refractivity (Wildman–Crippen MR) is 145 cm³/mol. The summed E-state index contributed by atoms with van der Waals surface area (Å²) in [5.74, 6) is -0.547. The molecule has 0 spiro atoms. The SMILES string of the molecule is CC(C)(C)/C(=C1\C(=O)N(Cc2cccc(C(N)=O)c2)c2ccccc21)c1ccc(Cl)cc1.CS. The third kappa shape index (κ3) is 5.21. The summed E-state index contributed by atoms with van der Waals surface area (Å²) in [5, 5.41) is 0.654. The quantitative estimate of drug-likeness (QED) is 0.323. The molecule has 176 valence electrons. The van der Waals surface area contributed by atoms with Crippen LogP contribution in [0.15, 0.2) is 72.8 Å². The third-order valence-corrected chi connectivity index (χ3v) is 5.86. The van der Waals surface area contributed by atoms with Crippen LogP contribution in [0.25, 0.3) is 11.1 Å². The molecule has 2 amide bonds. The average molecular weight is 493 g/mol. The van der Waals surface area contributed by atoms with Gasteiger partial charge in [-0.3, -0.25) is 9.59 Å². The molecule has 0 saturated heterocycles. The van der Waals surface area contributed by atoms with E-state index in [2.05, 4.69) is 33.4 Å². The number of allylic oxidation sites excluding steroid dienone is 1. The van der Waals surface area contributed by atoms with E-state index in [9.17, 15) is 9.59 Å². The van der Waals surface area contributed by atoms with Crippen molar-refractivity contribution in [2.75, 3.05) is 11.2 Å². The number of primary amides is 1. The van der Waals surface area contributed by atoms with Crippen molar-refractivity contribution >= 4 is 52.9 Å². The van der Waals surface area contributed by atoms with Crippen LogP contribution in [0.1, 0.15) is 47.8 Å². The molecule has 1 aliphatic rings. The van der Waals surface area contributed by atoms with Gasteiger partial charge in [0.1, 0.15) is 0 Å². The number of hydrogen-bond donors (Lipinski definition) is 2. The van der Waals surface area contributed by atoms with Crippen LogP contribution in [0.5, 0.6) is 0 Å². The highest BCUT2D eigenvalue weighted by Crippen LogP contribution is 2.47. The summed E-state index contributed by atoms with van der Waals surface area (Å²) in [7, 11) is 0. The molecule has 0 bridgehead atoms. The zero-order valence-corrected chi connectivity index (χ0v) is 21.5. The predicted octanol–water partition coefficient (Wildman–Crippen LogP) is 6.49. The lowest BCUT2D eigenvalue weighted by molar-refractivity contribution is -0.113. The van der Waals surface area contributed by atoms with Gasteiger partial charge in [0.25, 0.3) is 5.91 Å². The van der Waals surface area contributed by atoms with Crippen LogP contribution in [0.4, 0.5) is 5.69 Å². The maximum absolute atomic E-state index is 13.9. The van der Waals surface area contributed by atoms with E-state index in [0.29, 0.717) is 22.7 Å². The van der Waals surface area contributed by atoms with Crippen LogP contribution >= 0.6 is 24.2 Å². The van der Waals surface area contributed by atoms with Crippen molar-refractivity contribution in [2.24, 2.45) is 11.1 Å². The Morgan fingerprint density at radius 3 is 2.21 bits per heavy atom. The molecule has 3 aromatic carbocycles. The first kappa shape index (κ1) is 25.6. The number of benzene rings is 3. The summed E-state index contributed by atoms with van der Waals surface area (Å²) < 4.78 is 0. The highest BCUT2D eigenvalue weighted by Gasteiger charge is 2.37. The molecule has 6 heteroatoms. The van der Waals surface area contributed by atoms with E-state index in [-0.39, 0.29) is 11.3 Å². The Labute approximate surface area is 211 Å². The van der Waals surface area contributed by atoms with Gasteiger partial charge in [-0.05, 0) is 58.7 Å². The number of rotatable bonds is 4. The van der Waals surface area contributed by atoms with Crippen molar-refractivity contribution in [1.29, 1.82) is 0 Å². The first-order valence-corrected chi connectivity index (χ1v) is 12.2. The van der Waals surface area contributed by atoms with Crippen molar-refractivity contribution in [3.8, 4) is 0 Å². The van der Waals surface area contributed by atoms with E-state index >= 15 is 0 Å². The van der Waals surface area contributed by atoms with Crippen LogP contribution in [-0.2, 0) is 11.3 Å².